The van der Waals surface area contributed by atoms with Crippen molar-refractivity contribution in [2.75, 3.05) is 0 Å². The van der Waals surface area contributed by atoms with Crippen molar-refractivity contribution in [2.24, 2.45) is 0 Å². The molecule has 96 valence electrons. The largest absolute Gasteiger partial charge is 0.484 e. The van der Waals surface area contributed by atoms with Gasteiger partial charge in [-0.25, -0.2) is 14.4 Å². The minimum atomic E-state index is -0.408. The van der Waals surface area contributed by atoms with Crippen LogP contribution in [0, 0.1) is 5.82 Å². The van der Waals surface area contributed by atoms with Gasteiger partial charge < -0.3 is 9.72 Å². The average Bonchev–Trinajstić information content (AvgIpc) is 2.79. The van der Waals surface area contributed by atoms with Gasteiger partial charge in [0.05, 0.1) is 16.7 Å². The normalized spacial score (nSPS) is 10.8. The van der Waals surface area contributed by atoms with Gasteiger partial charge in [0.1, 0.15) is 24.0 Å². The van der Waals surface area contributed by atoms with Crippen LogP contribution in [0.1, 0.15) is 5.82 Å². The number of hydrogen-bond acceptors (Lipinski definition) is 3. The number of ether oxygens (including phenoxy) is 1. The second-order valence-corrected chi connectivity index (χ2v) is 4.33. The Labute approximate surface area is 113 Å². The minimum Gasteiger partial charge on any atom is -0.484 e. The summed E-state index contributed by atoms with van der Waals surface area (Å²) in [7, 11) is 0. The Hall–Kier alpha value is -2.14. The first kappa shape index (κ1) is 11.9. The molecule has 0 fully saturated rings. The number of rotatable bonds is 3. The van der Waals surface area contributed by atoms with Crippen LogP contribution in [0.15, 0.2) is 36.5 Å². The van der Waals surface area contributed by atoms with Crippen molar-refractivity contribution in [1.82, 2.24) is 15.0 Å². The van der Waals surface area contributed by atoms with E-state index >= 15 is 0 Å². The zero-order chi connectivity index (χ0) is 13.2. The Balaban J connectivity index is 1.80. The number of aromatic amines is 1. The number of nitrogens with zero attached hydrogens (tertiary/aromatic N) is 2. The number of fused-ring (bicyclic) bond motifs is 1. The first-order chi connectivity index (χ1) is 9.22. The van der Waals surface area contributed by atoms with Crippen molar-refractivity contribution >= 4 is 22.8 Å². The molecule has 0 unspecified atom stereocenters. The lowest BCUT2D eigenvalue weighted by atomic mass is 10.3. The number of halogens is 2. The van der Waals surface area contributed by atoms with Gasteiger partial charge in [-0.15, -0.1) is 0 Å². The number of pyridine rings is 1. The highest BCUT2D eigenvalue weighted by Gasteiger charge is 2.06. The molecule has 2 aromatic heterocycles. The quantitative estimate of drug-likeness (QED) is 0.799. The summed E-state index contributed by atoms with van der Waals surface area (Å²) in [5.41, 5.74) is 0.997. The van der Waals surface area contributed by atoms with Crippen molar-refractivity contribution in [3.63, 3.8) is 0 Å². The number of para-hydroxylation sites is 1. The van der Waals surface area contributed by atoms with Gasteiger partial charge in [0.25, 0.3) is 0 Å². The number of hydrogen-bond donors (Lipinski definition) is 1. The number of H-pyrrole nitrogens is 1. The SMILES string of the molecule is Fc1cnc2nc(COc3ccccc3Cl)[nH]c2c1. The molecule has 0 aliphatic rings. The monoisotopic (exact) mass is 277 g/mol. The Morgan fingerprint density at radius 3 is 3.00 bits per heavy atom. The second kappa shape index (κ2) is 4.85. The van der Waals surface area contributed by atoms with E-state index in [-0.39, 0.29) is 6.61 Å². The fraction of sp³-hybridized carbons (Fsp3) is 0.0769. The van der Waals surface area contributed by atoms with Crippen LogP contribution in [-0.2, 0) is 6.61 Å². The first-order valence-electron chi connectivity index (χ1n) is 5.60. The maximum atomic E-state index is 13.0. The maximum Gasteiger partial charge on any atom is 0.178 e. The van der Waals surface area contributed by atoms with E-state index in [0.29, 0.717) is 27.8 Å². The van der Waals surface area contributed by atoms with Crippen LogP contribution >= 0.6 is 11.6 Å². The van der Waals surface area contributed by atoms with E-state index in [9.17, 15) is 4.39 Å². The molecule has 0 aliphatic carbocycles. The number of aromatic nitrogens is 3. The van der Waals surface area contributed by atoms with E-state index in [1.165, 1.54) is 6.07 Å². The highest BCUT2D eigenvalue weighted by atomic mass is 35.5. The molecule has 0 saturated heterocycles. The van der Waals surface area contributed by atoms with Crippen molar-refractivity contribution in [1.29, 1.82) is 0 Å². The molecule has 0 atom stereocenters. The Bertz CT molecular complexity index is 729. The fourth-order valence-electron chi connectivity index (χ4n) is 1.70. The summed E-state index contributed by atoms with van der Waals surface area (Å²) in [5.74, 6) is 0.728. The first-order valence-corrected chi connectivity index (χ1v) is 5.97. The van der Waals surface area contributed by atoms with Gasteiger partial charge >= 0.3 is 0 Å². The Morgan fingerprint density at radius 1 is 1.32 bits per heavy atom. The lowest BCUT2D eigenvalue weighted by molar-refractivity contribution is 0.297. The Kier molecular flexibility index (Phi) is 3.05. The van der Waals surface area contributed by atoms with Gasteiger partial charge in [-0.3, -0.25) is 0 Å². The molecule has 0 amide bonds. The van der Waals surface area contributed by atoms with E-state index in [4.69, 9.17) is 16.3 Å². The highest BCUT2D eigenvalue weighted by Crippen LogP contribution is 2.24. The smallest absolute Gasteiger partial charge is 0.178 e. The summed E-state index contributed by atoms with van der Waals surface area (Å²) < 4.78 is 18.5. The molecular formula is C13H9ClFN3O. The molecule has 3 rings (SSSR count). The molecule has 2 heterocycles. The molecule has 0 bridgehead atoms. The fourth-order valence-corrected chi connectivity index (χ4v) is 1.89. The third-order valence-electron chi connectivity index (χ3n) is 2.55. The summed E-state index contributed by atoms with van der Waals surface area (Å²) >= 11 is 5.97. The molecule has 6 heteroatoms. The van der Waals surface area contributed by atoms with Crippen LogP contribution in [0.3, 0.4) is 0 Å². The predicted molar refractivity (Wildman–Crippen MR) is 69.6 cm³/mol. The topological polar surface area (TPSA) is 50.8 Å². The lowest BCUT2D eigenvalue weighted by Gasteiger charge is -2.05. The van der Waals surface area contributed by atoms with E-state index in [0.717, 1.165) is 6.20 Å². The zero-order valence-corrected chi connectivity index (χ0v) is 10.5. The number of benzene rings is 1. The van der Waals surface area contributed by atoms with E-state index in [1.54, 1.807) is 12.1 Å². The van der Waals surface area contributed by atoms with Crippen molar-refractivity contribution in [3.05, 3.63) is 53.2 Å². The minimum absolute atomic E-state index is 0.210. The third kappa shape index (κ3) is 2.51. The molecule has 0 saturated carbocycles. The molecule has 0 radical (unpaired) electrons. The lowest BCUT2D eigenvalue weighted by Crippen LogP contribution is -1.97. The number of imidazole rings is 1. The van der Waals surface area contributed by atoms with Gasteiger partial charge in [0.15, 0.2) is 5.65 Å². The predicted octanol–water partition coefficient (Wildman–Crippen LogP) is 3.33. The van der Waals surface area contributed by atoms with E-state index in [2.05, 4.69) is 15.0 Å². The van der Waals surface area contributed by atoms with Gasteiger partial charge in [-0.2, -0.15) is 0 Å². The summed E-state index contributed by atoms with van der Waals surface area (Å²) in [6, 6.07) is 8.50. The van der Waals surface area contributed by atoms with Crippen molar-refractivity contribution in [3.8, 4) is 5.75 Å². The standard InChI is InChI=1S/C13H9ClFN3O/c14-9-3-1-2-4-11(9)19-7-12-17-10-5-8(15)6-16-13(10)18-12/h1-6H,7H2,(H,16,17,18). The molecule has 3 aromatic rings. The van der Waals surface area contributed by atoms with E-state index < -0.39 is 5.82 Å². The average molecular weight is 278 g/mol. The summed E-state index contributed by atoms with van der Waals surface area (Å²) in [4.78, 5) is 11.0. The van der Waals surface area contributed by atoms with Crippen molar-refractivity contribution in [2.45, 2.75) is 6.61 Å². The van der Waals surface area contributed by atoms with Crippen LogP contribution in [0.2, 0.25) is 5.02 Å². The summed E-state index contributed by atoms with van der Waals surface area (Å²) in [6.45, 7) is 0.210. The maximum absolute atomic E-state index is 13.0. The molecule has 0 aliphatic heterocycles. The molecule has 1 N–H and O–H groups in total. The van der Waals surface area contributed by atoms with Crippen LogP contribution in [0.25, 0.3) is 11.2 Å². The molecule has 1 aromatic carbocycles. The van der Waals surface area contributed by atoms with Crippen LogP contribution in [-0.4, -0.2) is 15.0 Å². The van der Waals surface area contributed by atoms with Gasteiger partial charge in [0.2, 0.25) is 0 Å². The van der Waals surface area contributed by atoms with Crippen molar-refractivity contribution < 1.29 is 9.13 Å². The number of nitrogens with one attached hydrogen (secondary N) is 1. The van der Waals surface area contributed by atoms with Gasteiger partial charge in [-0.1, -0.05) is 23.7 Å². The van der Waals surface area contributed by atoms with Gasteiger partial charge in [0, 0.05) is 6.07 Å². The summed E-state index contributed by atoms with van der Waals surface area (Å²) in [6.07, 6.45) is 1.13. The van der Waals surface area contributed by atoms with Gasteiger partial charge in [-0.05, 0) is 12.1 Å². The highest BCUT2D eigenvalue weighted by molar-refractivity contribution is 6.32. The Morgan fingerprint density at radius 2 is 2.16 bits per heavy atom. The molecule has 19 heavy (non-hydrogen) atoms. The molecule has 0 spiro atoms. The molecular weight excluding hydrogens is 269 g/mol. The second-order valence-electron chi connectivity index (χ2n) is 3.93. The van der Waals surface area contributed by atoms with E-state index in [1.807, 2.05) is 12.1 Å². The zero-order valence-electron chi connectivity index (χ0n) is 9.73. The van der Waals surface area contributed by atoms with Crippen LogP contribution < -0.4 is 4.74 Å². The van der Waals surface area contributed by atoms with Crippen LogP contribution in [0.5, 0.6) is 5.75 Å². The molecule has 4 nitrogen and oxygen atoms in total. The summed E-state index contributed by atoms with van der Waals surface area (Å²) in [5, 5.41) is 0.530. The van der Waals surface area contributed by atoms with Crippen LogP contribution in [0.4, 0.5) is 4.39 Å². The third-order valence-corrected chi connectivity index (χ3v) is 2.87.